The molecular weight excluding hydrogens is 390 g/mol. The van der Waals surface area contributed by atoms with Crippen LogP contribution in [0, 0.1) is 5.92 Å². The first kappa shape index (κ1) is 20.1. The Labute approximate surface area is 171 Å². The number of piperidine rings is 1. The van der Waals surface area contributed by atoms with E-state index in [0.29, 0.717) is 37.6 Å². The molecule has 0 spiro atoms. The Hall–Kier alpha value is -2.22. The molecule has 2 fully saturated rings. The van der Waals surface area contributed by atoms with Crippen LogP contribution in [0.4, 0.5) is 0 Å². The van der Waals surface area contributed by atoms with Gasteiger partial charge in [-0.15, -0.1) is 0 Å². The lowest BCUT2D eigenvalue weighted by molar-refractivity contribution is -0.134. The molecule has 2 amide bonds. The van der Waals surface area contributed by atoms with Crippen LogP contribution in [-0.2, 0) is 25.8 Å². The molecule has 3 heterocycles. The van der Waals surface area contributed by atoms with Crippen molar-refractivity contribution in [3.8, 4) is 0 Å². The monoisotopic (exact) mass is 417 g/mol. The summed E-state index contributed by atoms with van der Waals surface area (Å²) in [5.41, 5.74) is 1.71. The maximum atomic E-state index is 13.0. The molecule has 1 unspecified atom stereocenters. The second-order valence-electron chi connectivity index (χ2n) is 8.27. The average Bonchev–Trinajstić information content (AvgIpc) is 3.09. The fourth-order valence-corrected chi connectivity index (χ4v) is 6.14. The first-order chi connectivity index (χ1) is 13.9. The minimum Gasteiger partial charge on any atom is -0.338 e. The first-order valence-electron chi connectivity index (χ1n) is 10.3. The van der Waals surface area contributed by atoms with Gasteiger partial charge in [0.1, 0.15) is 5.71 Å². The molecule has 1 aromatic carbocycles. The normalized spacial score (nSPS) is 25.2. The van der Waals surface area contributed by atoms with Crippen LogP contribution in [-0.4, -0.2) is 66.5 Å². The van der Waals surface area contributed by atoms with E-state index in [2.05, 4.69) is 29.4 Å². The van der Waals surface area contributed by atoms with Crippen LogP contribution in [0.2, 0.25) is 0 Å². The number of nitrogens with zero attached hydrogens (tertiary/aromatic N) is 3. The summed E-state index contributed by atoms with van der Waals surface area (Å²) in [4.78, 5) is 27.0. The van der Waals surface area contributed by atoms with Crippen molar-refractivity contribution >= 4 is 27.4 Å². The van der Waals surface area contributed by atoms with Crippen molar-refractivity contribution in [1.82, 2.24) is 9.91 Å². The average molecular weight is 418 g/mol. The molecule has 0 aromatic heterocycles. The summed E-state index contributed by atoms with van der Waals surface area (Å²) in [6, 6.07) is 9.97. The number of rotatable bonds is 4. The van der Waals surface area contributed by atoms with E-state index in [9.17, 15) is 18.0 Å². The molecule has 4 rings (SSSR count). The zero-order valence-corrected chi connectivity index (χ0v) is 17.3. The molecule has 2 saturated heterocycles. The molecule has 3 aliphatic heterocycles. The quantitative estimate of drug-likeness (QED) is 0.745. The summed E-state index contributed by atoms with van der Waals surface area (Å²) in [6.45, 7) is 1.39. The highest BCUT2D eigenvalue weighted by Crippen LogP contribution is 2.25. The van der Waals surface area contributed by atoms with Crippen molar-refractivity contribution in [3.63, 3.8) is 0 Å². The highest BCUT2D eigenvalue weighted by molar-refractivity contribution is 7.91. The lowest BCUT2D eigenvalue weighted by Gasteiger charge is -2.34. The zero-order chi connectivity index (χ0) is 20.4. The second kappa shape index (κ2) is 8.26. The molecule has 8 heteroatoms. The van der Waals surface area contributed by atoms with Crippen LogP contribution in [0.1, 0.15) is 37.7 Å². The van der Waals surface area contributed by atoms with E-state index in [0.717, 1.165) is 19.3 Å². The Bertz CT molecular complexity index is 905. The number of hydrogen-bond acceptors (Lipinski definition) is 5. The van der Waals surface area contributed by atoms with Gasteiger partial charge in [-0.25, -0.2) is 13.4 Å². The van der Waals surface area contributed by atoms with Crippen molar-refractivity contribution in [2.75, 3.05) is 24.6 Å². The lowest BCUT2D eigenvalue weighted by Crippen LogP contribution is -2.47. The number of carbonyl (C=O) groups excluding carboxylic acids is 2. The van der Waals surface area contributed by atoms with E-state index in [4.69, 9.17) is 0 Å². The van der Waals surface area contributed by atoms with Gasteiger partial charge in [0.15, 0.2) is 9.84 Å². The van der Waals surface area contributed by atoms with Crippen LogP contribution >= 0.6 is 0 Å². The molecule has 1 aromatic rings. The van der Waals surface area contributed by atoms with Gasteiger partial charge in [-0.2, -0.15) is 5.10 Å². The van der Waals surface area contributed by atoms with E-state index in [1.807, 2.05) is 11.0 Å². The molecular formula is C21H27N3O4S. The number of hydrogen-bond donors (Lipinski definition) is 0. The standard InChI is InChI=1S/C21H27N3O4S/c25-20-7-6-19(22-24(20)18-10-13-29(27,28)15-18)21(26)23-11-8-17(9-12-23)14-16-4-2-1-3-5-16/h1-5,17-18H,6-15H2. The Morgan fingerprint density at radius 3 is 2.45 bits per heavy atom. The predicted octanol–water partition coefficient (Wildman–Crippen LogP) is 1.63. The topological polar surface area (TPSA) is 87.1 Å². The van der Waals surface area contributed by atoms with Gasteiger partial charge in [-0.1, -0.05) is 30.3 Å². The van der Waals surface area contributed by atoms with Gasteiger partial charge in [0.05, 0.1) is 17.5 Å². The van der Waals surface area contributed by atoms with Crippen LogP contribution in [0.5, 0.6) is 0 Å². The number of hydrazone groups is 1. The summed E-state index contributed by atoms with van der Waals surface area (Å²) in [5.74, 6) is 0.285. The fourth-order valence-electron chi connectivity index (χ4n) is 4.45. The molecule has 7 nitrogen and oxygen atoms in total. The summed E-state index contributed by atoms with van der Waals surface area (Å²) in [5, 5.41) is 5.58. The number of carbonyl (C=O) groups is 2. The molecule has 0 radical (unpaired) electrons. The van der Waals surface area contributed by atoms with Gasteiger partial charge in [0.2, 0.25) is 5.91 Å². The summed E-state index contributed by atoms with van der Waals surface area (Å²) >= 11 is 0. The van der Waals surface area contributed by atoms with Crippen LogP contribution in [0.25, 0.3) is 0 Å². The highest BCUT2D eigenvalue weighted by Gasteiger charge is 2.38. The van der Waals surface area contributed by atoms with Gasteiger partial charge < -0.3 is 4.90 Å². The van der Waals surface area contributed by atoms with Crippen LogP contribution in [0.3, 0.4) is 0 Å². The molecule has 0 N–H and O–H groups in total. The third-order valence-electron chi connectivity index (χ3n) is 6.13. The smallest absolute Gasteiger partial charge is 0.270 e. The van der Waals surface area contributed by atoms with Gasteiger partial charge in [-0.05, 0) is 37.2 Å². The molecule has 0 aliphatic carbocycles. The molecule has 0 saturated carbocycles. The van der Waals surface area contributed by atoms with Crippen LogP contribution < -0.4 is 0 Å². The number of amides is 2. The Morgan fingerprint density at radius 1 is 1.07 bits per heavy atom. The van der Waals surface area contributed by atoms with Crippen molar-refractivity contribution in [3.05, 3.63) is 35.9 Å². The lowest BCUT2D eigenvalue weighted by atomic mass is 9.90. The maximum Gasteiger partial charge on any atom is 0.270 e. The predicted molar refractivity (Wildman–Crippen MR) is 110 cm³/mol. The largest absolute Gasteiger partial charge is 0.338 e. The zero-order valence-electron chi connectivity index (χ0n) is 16.5. The second-order valence-corrected chi connectivity index (χ2v) is 10.5. The first-order valence-corrected chi connectivity index (χ1v) is 12.2. The van der Waals surface area contributed by atoms with Crippen molar-refractivity contribution in [2.45, 2.75) is 44.6 Å². The highest BCUT2D eigenvalue weighted by atomic mass is 32.2. The minimum absolute atomic E-state index is 0.0609. The van der Waals surface area contributed by atoms with Gasteiger partial charge in [0, 0.05) is 25.9 Å². The van der Waals surface area contributed by atoms with Gasteiger partial charge in [-0.3, -0.25) is 9.59 Å². The van der Waals surface area contributed by atoms with Crippen molar-refractivity contribution in [2.24, 2.45) is 11.0 Å². The van der Waals surface area contributed by atoms with E-state index < -0.39 is 15.9 Å². The maximum absolute atomic E-state index is 13.0. The third kappa shape index (κ3) is 4.69. The summed E-state index contributed by atoms with van der Waals surface area (Å²) in [7, 11) is -3.12. The number of sulfone groups is 1. The van der Waals surface area contributed by atoms with Gasteiger partial charge in [0.25, 0.3) is 5.91 Å². The Morgan fingerprint density at radius 2 is 1.79 bits per heavy atom. The number of benzene rings is 1. The number of likely N-dealkylation sites (tertiary alicyclic amines) is 1. The molecule has 3 aliphatic rings. The summed E-state index contributed by atoms with van der Waals surface area (Å²) in [6.07, 6.45) is 3.88. The van der Waals surface area contributed by atoms with E-state index >= 15 is 0 Å². The Kier molecular flexibility index (Phi) is 5.72. The molecule has 156 valence electrons. The van der Waals surface area contributed by atoms with E-state index in [-0.39, 0.29) is 29.7 Å². The molecule has 29 heavy (non-hydrogen) atoms. The third-order valence-corrected chi connectivity index (χ3v) is 7.88. The summed E-state index contributed by atoms with van der Waals surface area (Å²) < 4.78 is 23.5. The SMILES string of the molecule is O=C(C1=NN(C2CCS(=O)(=O)C2)C(=O)CC1)N1CCC(Cc2ccccc2)CC1. The van der Waals surface area contributed by atoms with E-state index in [1.165, 1.54) is 10.6 Å². The van der Waals surface area contributed by atoms with Crippen molar-refractivity contribution < 1.29 is 18.0 Å². The minimum atomic E-state index is -3.12. The van der Waals surface area contributed by atoms with Crippen molar-refractivity contribution in [1.29, 1.82) is 0 Å². The molecule has 1 atom stereocenters. The Balaban J connectivity index is 1.37. The molecule has 0 bridgehead atoms. The fraction of sp³-hybridized carbons (Fsp3) is 0.571. The van der Waals surface area contributed by atoms with E-state index in [1.54, 1.807) is 0 Å². The van der Waals surface area contributed by atoms with Gasteiger partial charge >= 0.3 is 0 Å². The van der Waals surface area contributed by atoms with Crippen LogP contribution in [0.15, 0.2) is 35.4 Å².